The van der Waals surface area contributed by atoms with Crippen LogP contribution in [-0.4, -0.2) is 46.0 Å². The van der Waals surface area contributed by atoms with Crippen LogP contribution in [0.1, 0.15) is 31.0 Å². The van der Waals surface area contributed by atoms with E-state index in [0.29, 0.717) is 25.4 Å². The largest absolute Gasteiger partial charge is 0.481 e. The summed E-state index contributed by atoms with van der Waals surface area (Å²) in [6, 6.07) is 5.40. The Kier molecular flexibility index (Phi) is 3.97. The van der Waals surface area contributed by atoms with Gasteiger partial charge in [0.05, 0.1) is 17.7 Å². The van der Waals surface area contributed by atoms with Crippen molar-refractivity contribution in [3.8, 4) is 0 Å². The van der Waals surface area contributed by atoms with Crippen LogP contribution < -0.4 is 10.9 Å². The molecule has 4 atom stereocenters. The van der Waals surface area contributed by atoms with Crippen LogP contribution in [-0.2, 0) is 9.59 Å². The summed E-state index contributed by atoms with van der Waals surface area (Å²) in [5.41, 5.74) is 7.09. The molecule has 1 aromatic rings. The standard InChI is InChI=1S/C17H22N4O3/c22-16(15-7-14(19-20-15)13-3-1-2-6-18-13)21-8-11(10-4-5-10)12(9-21)17(23)24/h1-3,6,10-12,14-15,19-20H,4-5,7-9H2,(H,23,24)/t11-,12+,14?,15?/m0/s1. The average Bonchev–Trinajstić information content (AvgIpc) is 3.15. The van der Waals surface area contributed by atoms with Gasteiger partial charge < -0.3 is 10.0 Å². The van der Waals surface area contributed by atoms with Gasteiger partial charge in [-0.25, -0.2) is 10.9 Å². The van der Waals surface area contributed by atoms with Gasteiger partial charge in [-0.2, -0.15) is 0 Å². The molecule has 0 aromatic carbocycles. The molecule has 1 aromatic heterocycles. The molecule has 1 aliphatic carbocycles. The van der Waals surface area contributed by atoms with Crippen LogP contribution in [0.3, 0.4) is 0 Å². The van der Waals surface area contributed by atoms with Crippen LogP contribution in [0.4, 0.5) is 0 Å². The van der Waals surface area contributed by atoms with Crippen molar-refractivity contribution < 1.29 is 14.7 Å². The van der Waals surface area contributed by atoms with E-state index in [1.807, 2.05) is 18.2 Å². The van der Waals surface area contributed by atoms with E-state index in [4.69, 9.17) is 0 Å². The molecule has 3 heterocycles. The van der Waals surface area contributed by atoms with E-state index in [1.165, 1.54) is 0 Å². The molecule has 24 heavy (non-hydrogen) atoms. The third-order valence-corrected chi connectivity index (χ3v) is 5.47. The highest BCUT2D eigenvalue weighted by molar-refractivity contribution is 5.84. The van der Waals surface area contributed by atoms with Gasteiger partial charge in [-0.15, -0.1) is 0 Å². The summed E-state index contributed by atoms with van der Waals surface area (Å²) in [5, 5.41) is 9.44. The Balaban J connectivity index is 1.40. The van der Waals surface area contributed by atoms with Crippen molar-refractivity contribution >= 4 is 11.9 Å². The summed E-state index contributed by atoms with van der Waals surface area (Å²) >= 11 is 0. The molecule has 1 saturated carbocycles. The number of nitrogens with zero attached hydrogens (tertiary/aromatic N) is 2. The highest BCUT2D eigenvalue weighted by Crippen LogP contribution is 2.44. The number of rotatable bonds is 4. The van der Waals surface area contributed by atoms with Crippen LogP contribution in [0, 0.1) is 17.8 Å². The fourth-order valence-corrected chi connectivity index (χ4v) is 3.99. The van der Waals surface area contributed by atoms with E-state index in [-0.39, 0.29) is 23.9 Å². The van der Waals surface area contributed by atoms with Crippen LogP contribution in [0.25, 0.3) is 0 Å². The molecule has 1 amide bonds. The molecule has 2 aliphatic heterocycles. The number of carbonyl (C=O) groups is 2. The molecular formula is C17H22N4O3. The Bertz CT molecular complexity index is 634. The van der Waals surface area contributed by atoms with Crippen molar-refractivity contribution in [2.45, 2.75) is 31.3 Å². The second-order valence-corrected chi connectivity index (χ2v) is 7.07. The van der Waals surface area contributed by atoms with Crippen LogP contribution in [0.2, 0.25) is 0 Å². The number of likely N-dealkylation sites (tertiary alicyclic amines) is 1. The highest BCUT2D eigenvalue weighted by Gasteiger charge is 2.48. The Morgan fingerprint density at radius 1 is 1.21 bits per heavy atom. The third-order valence-electron chi connectivity index (χ3n) is 5.47. The van der Waals surface area contributed by atoms with Gasteiger partial charge in [-0.3, -0.25) is 14.6 Å². The van der Waals surface area contributed by atoms with E-state index >= 15 is 0 Å². The van der Waals surface area contributed by atoms with Crippen molar-refractivity contribution in [1.82, 2.24) is 20.7 Å². The molecular weight excluding hydrogens is 308 g/mol. The molecule has 7 nitrogen and oxygen atoms in total. The predicted octanol–water partition coefficient (Wildman–Crippen LogP) is 0.558. The lowest BCUT2D eigenvalue weighted by molar-refractivity contribution is -0.142. The fraction of sp³-hybridized carbons (Fsp3) is 0.588. The number of nitrogens with one attached hydrogen (secondary N) is 2. The molecule has 0 radical (unpaired) electrons. The molecule has 0 spiro atoms. The Labute approximate surface area is 140 Å². The number of pyridine rings is 1. The van der Waals surface area contributed by atoms with Gasteiger partial charge in [0, 0.05) is 19.3 Å². The van der Waals surface area contributed by atoms with Gasteiger partial charge in [0.2, 0.25) is 5.91 Å². The Morgan fingerprint density at radius 2 is 2.04 bits per heavy atom. The molecule has 128 valence electrons. The van der Waals surface area contributed by atoms with E-state index < -0.39 is 11.9 Å². The smallest absolute Gasteiger partial charge is 0.308 e. The second-order valence-electron chi connectivity index (χ2n) is 7.07. The first kappa shape index (κ1) is 15.5. The highest BCUT2D eigenvalue weighted by atomic mass is 16.4. The van der Waals surface area contributed by atoms with Gasteiger partial charge in [0.1, 0.15) is 6.04 Å². The SMILES string of the molecule is O=C(O)[C@@H]1CN(C(=O)C2CC(c3ccccn3)NN2)C[C@H]1C1CC1. The van der Waals surface area contributed by atoms with E-state index in [0.717, 1.165) is 18.5 Å². The maximum atomic E-state index is 12.8. The minimum atomic E-state index is -0.772. The minimum Gasteiger partial charge on any atom is -0.481 e. The zero-order chi connectivity index (χ0) is 16.7. The first-order valence-corrected chi connectivity index (χ1v) is 8.57. The molecule has 3 aliphatic rings. The van der Waals surface area contributed by atoms with Gasteiger partial charge in [-0.1, -0.05) is 6.07 Å². The maximum Gasteiger partial charge on any atom is 0.308 e. The number of carbonyl (C=O) groups excluding carboxylic acids is 1. The van der Waals surface area contributed by atoms with E-state index in [1.54, 1.807) is 11.1 Å². The molecule has 2 unspecified atom stereocenters. The van der Waals surface area contributed by atoms with E-state index in [2.05, 4.69) is 15.8 Å². The average molecular weight is 330 g/mol. The number of hydrazine groups is 1. The first-order chi connectivity index (χ1) is 11.6. The Morgan fingerprint density at radius 3 is 2.71 bits per heavy atom. The third kappa shape index (κ3) is 2.89. The number of hydrogen-bond acceptors (Lipinski definition) is 5. The summed E-state index contributed by atoms with van der Waals surface area (Å²) in [4.78, 5) is 30.4. The number of aromatic nitrogens is 1. The molecule has 3 fully saturated rings. The van der Waals surface area contributed by atoms with Crippen molar-refractivity contribution in [2.24, 2.45) is 17.8 Å². The summed E-state index contributed by atoms with van der Waals surface area (Å²) in [6.45, 7) is 0.911. The lowest BCUT2D eigenvalue weighted by Crippen LogP contribution is -2.45. The van der Waals surface area contributed by atoms with Crippen molar-refractivity contribution in [1.29, 1.82) is 0 Å². The van der Waals surface area contributed by atoms with Crippen LogP contribution in [0.5, 0.6) is 0 Å². The summed E-state index contributed by atoms with van der Waals surface area (Å²) < 4.78 is 0. The quantitative estimate of drug-likeness (QED) is 0.747. The van der Waals surface area contributed by atoms with Crippen molar-refractivity contribution in [2.75, 3.05) is 13.1 Å². The minimum absolute atomic E-state index is 0.00254. The normalized spacial score (nSPS) is 32.9. The maximum absolute atomic E-state index is 12.8. The Hall–Kier alpha value is -1.99. The topological polar surface area (TPSA) is 94.6 Å². The number of aliphatic carboxylic acids is 1. The second kappa shape index (κ2) is 6.14. The number of hydrogen-bond donors (Lipinski definition) is 3. The number of amides is 1. The van der Waals surface area contributed by atoms with Gasteiger partial charge in [0.25, 0.3) is 0 Å². The first-order valence-electron chi connectivity index (χ1n) is 8.57. The van der Waals surface area contributed by atoms with Crippen LogP contribution in [0.15, 0.2) is 24.4 Å². The van der Waals surface area contributed by atoms with E-state index in [9.17, 15) is 14.7 Å². The van der Waals surface area contributed by atoms with Gasteiger partial charge >= 0.3 is 5.97 Å². The van der Waals surface area contributed by atoms with Gasteiger partial charge in [0.15, 0.2) is 0 Å². The molecule has 0 bridgehead atoms. The number of carboxylic acids is 1. The predicted molar refractivity (Wildman–Crippen MR) is 85.6 cm³/mol. The van der Waals surface area contributed by atoms with Crippen molar-refractivity contribution in [3.05, 3.63) is 30.1 Å². The molecule has 3 N–H and O–H groups in total. The summed E-state index contributed by atoms with van der Waals surface area (Å²) in [6.07, 6.45) is 4.56. The molecule has 2 saturated heterocycles. The zero-order valence-corrected chi connectivity index (χ0v) is 13.4. The molecule has 4 rings (SSSR count). The lowest BCUT2D eigenvalue weighted by atomic mass is 9.92. The fourth-order valence-electron chi connectivity index (χ4n) is 3.99. The summed E-state index contributed by atoms with van der Waals surface area (Å²) in [5.74, 6) is -0.587. The summed E-state index contributed by atoms with van der Waals surface area (Å²) in [7, 11) is 0. The zero-order valence-electron chi connectivity index (χ0n) is 13.4. The van der Waals surface area contributed by atoms with Crippen molar-refractivity contribution in [3.63, 3.8) is 0 Å². The monoisotopic (exact) mass is 330 g/mol. The molecule has 7 heteroatoms. The van der Waals surface area contributed by atoms with Gasteiger partial charge in [-0.05, 0) is 43.2 Å². The number of carboxylic acid groups (broad SMARTS) is 1. The lowest BCUT2D eigenvalue weighted by Gasteiger charge is -2.20. The van der Waals surface area contributed by atoms with Crippen LogP contribution >= 0.6 is 0 Å².